The molecule has 0 aromatic carbocycles. The number of hydrogen-bond acceptors (Lipinski definition) is 3. The first-order valence-electron chi connectivity index (χ1n) is 6.31. The molecule has 0 unspecified atom stereocenters. The van der Waals surface area contributed by atoms with Gasteiger partial charge in [-0.1, -0.05) is 0 Å². The van der Waals surface area contributed by atoms with Crippen LogP contribution in [0.4, 0.5) is 0 Å². The van der Waals surface area contributed by atoms with Crippen LogP contribution < -0.4 is 5.32 Å². The normalized spacial score (nSPS) is 23.0. The molecular weight excluding hydrogens is 330 g/mol. The van der Waals surface area contributed by atoms with Crippen LogP contribution in [-0.4, -0.2) is 23.5 Å². The highest BCUT2D eigenvalue weighted by molar-refractivity contribution is 9.10. The molecule has 0 saturated heterocycles. The first-order valence-corrected chi connectivity index (χ1v) is 7.98. The molecule has 0 atom stereocenters. The third-order valence-corrected chi connectivity index (χ3v) is 5.23. The van der Waals surface area contributed by atoms with Crippen molar-refractivity contribution in [3.05, 3.63) is 20.8 Å². The number of nitrogens with one attached hydrogen (secondary N) is 1. The number of aliphatic carboxylic acids is 1. The van der Waals surface area contributed by atoms with E-state index >= 15 is 0 Å². The molecule has 1 aromatic rings. The number of carboxylic acid groups (broad SMARTS) is 1. The van der Waals surface area contributed by atoms with Crippen LogP contribution in [0.3, 0.4) is 0 Å². The number of amides is 1. The SMILES string of the molecule is O=C(NCC1CCC(C(=O)O)CC1)c1cc(Br)cs1. The minimum absolute atomic E-state index is 0.0453. The third-order valence-electron chi connectivity index (χ3n) is 3.54. The van der Waals surface area contributed by atoms with Gasteiger partial charge in [0.15, 0.2) is 0 Å². The molecule has 1 aliphatic carbocycles. The van der Waals surface area contributed by atoms with Crippen LogP contribution in [0.1, 0.15) is 35.4 Å². The molecule has 4 nitrogen and oxygen atoms in total. The van der Waals surface area contributed by atoms with Gasteiger partial charge in [-0.15, -0.1) is 11.3 Å². The van der Waals surface area contributed by atoms with Gasteiger partial charge in [-0.3, -0.25) is 9.59 Å². The first-order chi connectivity index (χ1) is 9.06. The predicted molar refractivity (Wildman–Crippen MR) is 77.4 cm³/mol. The molecule has 2 rings (SSSR count). The molecule has 0 spiro atoms. The van der Waals surface area contributed by atoms with E-state index in [0.717, 1.165) is 30.2 Å². The number of halogens is 1. The van der Waals surface area contributed by atoms with E-state index in [-0.39, 0.29) is 11.8 Å². The van der Waals surface area contributed by atoms with Gasteiger partial charge in [0.25, 0.3) is 5.91 Å². The fourth-order valence-electron chi connectivity index (χ4n) is 2.37. The van der Waals surface area contributed by atoms with Crippen molar-refractivity contribution in [3.63, 3.8) is 0 Å². The number of carbonyl (C=O) groups excluding carboxylic acids is 1. The molecule has 1 aromatic heterocycles. The summed E-state index contributed by atoms with van der Waals surface area (Å²) in [5, 5.41) is 13.7. The van der Waals surface area contributed by atoms with Crippen molar-refractivity contribution >= 4 is 39.1 Å². The van der Waals surface area contributed by atoms with Crippen molar-refractivity contribution in [2.24, 2.45) is 11.8 Å². The summed E-state index contributed by atoms with van der Waals surface area (Å²) in [5.41, 5.74) is 0. The van der Waals surface area contributed by atoms with Crippen LogP contribution in [0.15, 0.2) is 15.9 Å². The number of thiophene rings is 1. The molecule has 0 bridgehead atoms. The van der Waals surface area contributed by atoms with Gasteiger partial charge in [-0.25, -0.2) is 0 Å². The molecule has 1 saturated carbocycles. The zero-order valence-electron chi connectivity index (χ0n) is 10.4. The fraction of sp³-hybridized carbons (Fsp3) is 0.538. The third kappa shape index (κ3) is 4.04. The molecule has 6 heteroatoms. The number of rotatable bonds is 4. The Morgan fingerprint density at radius 2 is 2.05 bits per heavy atom. The highest BCUT2D eigenvalue weighted by Crippen LogP contribution is 2.28. The summed E-state index contributed by atoms with van der Waals surface area (Å²) in [6, 6.07) is 1.81. The molecule has 104 valence electrons. The van der Waals surface area contributed by atoms with E-state index in [1.54, 1.807) is 6.07 Å². The summed E-state index contributed by atoms with van der Waals surface area (Å²) in [6.07, 6.45) is 3.21. The second-order valence-electron chi connectivity index (χ2n) is 4.90. The van der Waals surface area contributed by atoms with Crippen molar-refractivity contribution in [2.45, 2.75) is 25.7 Å². The summed E-state index contributed by atoms with van der Waals surface area (Å²) < 4.78 is 0.921. The van der Waals surface area contributed by atoms with Crippen LogP contribution in [0.2, 0.25) is 0 Å². The van der Waals surface area contributed by atoms with Gasteiger partial charge in [-0.2, -0.15) is 0 Å². The lowest BCUT2D eigenvalue weighted by atomic mass is 9.82. The van der Waals surface area contributed by atoms with Crippen LogP contribution >= 0.6 is 27.3 Å². The molecule has 1 aliphatic rings. The van der Waals surface area contributed by atoms with Gasteiger partial charge in [-0.05, 0) is 53.6 Å². The summed E-state index contributed by atoms with van der Waals surface area (Å²) in [4.78, 5) is 23.4. The number of hydrogen-bond donors (Lipinski definition) is 2. The second kappa shape index (κ2) is 6.52. The average Bonchev–Trinajstić information content (AvgIpc) is 2.83. The van der Waals surface area contributed by atoms with Gasteiger partial charge in [0, 0.05) is 16.4 Å². The van der Waals surface area contributed by atoms with Crippen molar-refractivity contribution in [1.82, 2.24) is 5.32 Å². The molecule has 1 heterocycles. The Labute approximate surface area is 124 Å². The first kappa shape index (κ1) is 14.5. The standard InChI is InChI=1S/C13H16BrNO3S/c14-10-5-11(19-7-10)12(16)15-6-8-1-3-9(4-2-8)13(17)18/h5,7-9H,1-4,6H2,(H,15,16)(H,17,18). The van der Waals surface area contributed by atoms with E-state index in [2.05, 4.69) is 21.2 Å². The smallest absolute Gasteiger partial charge is 0.306 e. The summed E-state index contributed by atoms with van der Waals surface area (Å²) in [6.45, 7) is 0.640. The Balaban J connectivity index is 1.75. The quantitative estimate of drug-likeness (QED) is 0.880. The van der Waals surface area contributed by atoms with Crippen molar-refractivity contribution in [3.8, 4) is 0 Å². The van der Waals surface area contributed by atoms with Crippen LogP contribution in [-0.2, 0) is 4.79 Å². The van der Waals surface area contributed by atoms with Crippen molar-refractivity contribution in [2.75, 3.05) is 6.54 Å². The van der Waals surface area contributed by atoms with Crippen molar-refractivity contribution < 1.29 is 14.7 Å². The molecule has 1 fully saturated rings. The predicted octanol–water partition coefficient (Wildman–Crippen LogP) is 3.13. The monoisotopic (exact) mass is 345 g/mol. The van der Waals surface area contributed by atoms with Crippen LogP contribution in [0.5, 0.6) is 0 Å². The summed E-state index contributed by atoms with van der Waals surface area (Å²) in [7, 11) is 0. The molecule has 19 heavy (non-hydrogen) atoms. The second-order valence-corrected chi connectivity index (χ2v) is 6.72. The lowest BCUT2D eigenvalue weighted by Gasteiger charge is -2.26. The van der Waals surface area contributed by atoms with Gasteiger partial charge >= 0.3 is 5.97 Å². The minimum Gasteiger partial charge on any atom is -0.481 e. The van der Waals surface area contributed by atoms with E-state index < -0.39 is 5.97 Å². The maximum atomic E-state index is 11.9. The van der Waals surface area contributed by atoms with E-state index in [1.165, 1.54) is 11.3 Å². The molecule has 0 radical (unpaired) electrons. The Hall–Kier alpha value is -0.880. The molecule has 2 N–H and O–H groups in total. The lowest BCUT2D eigenvalue weighted by molar-refractivity contribution is -0.143. The Morgan fingerprint density at radius 1 is 1.37 bits per heavy atom. The number of carboxylic acids is 1. The van der Waals surface area contributed by atoms with E-state index in [4.69, 9.17) is 5.11 Å². The minimum atomic E-state index is -0.689. The van der Waals surface area contributed by atoms with E-state index in [9.17, 15) is 9.59 Å². The van der Waals surface area contributed by atoms with Gasteiger partial charge in [0.1, 0.15) is 0 Å². The number of carbonyl (C=O) groups is 2. The van der Waals surface area contributed by atoms with E-state index in [1.807, 2.05) is 5.38 Å². The molecular formula is C13H16BrNO3S. The Kier molecular flexibility index (Phi) is 4.99. The Morgan fingerprint density at radius 3 is 2.58 bits per heavy atom. The van der Waals surface area contributed by atoms with Gasteiger partial charge in [0.05, 0.1) is 10.8 Å². The van der Waals surface area contributed by atoms with Crippen LogP contribution in [0.25, 0.3) is 0 Å². The highest BCUT2D eigenvalue weighted by Gasteiger charge is 2.26. The van der Waals surface area contributed by atoms with Crippen molar-refractivity contribution in [1.29, 1.82) is 0 Å². The maximum Gasteiger partial charge on any atom is 0.306 e. The Bertz CT molecular complexity index is 466. The zero-order valence-corrected chi connectivity index (χ0v) is 12.8. The maximum absolute atomic E-state index is 11.9. The van der Waals surface area contributed by atoms with Gasteiger partial charge in [0.2, 0.25) is 0 Å². The lowest BCUT2D eigenvalue weighted by Crippen LogP contribution is -2.32. The molecule has 1 amide bonds. The van der Waals surface area contributed by atoms with Crippen LogP contribution in [0, 0.1) is 11.8 Å². The topological polar surface area (TPSA) is 66.4 Å². The molecule has 0 aliphatic heterocycles. The summed E-state index contributed by atoms with van der Waals surface area (Å²) in [5.74, 6) is -0.523. The fourth-order valence-corrected chi connectivity index (χ4v) is 3.71. The average molecular weight is 346 g/mol. The largest absolute Gasteiger partial charge is 0.481 e. The highest BCUT2D eigenvalue weighted by atomic mass is 79.9. The van der Waals surface area contributed by atoms with E-state index in [0.29, 0.717) is 17.3 Å². The zero-order chi connectivity index (χ0) is 13.8. The summed E-state index contributed by atoms with van der Waals surface area (Å²) >= 11 is 4.74. The van der Waals surface area contributed by atoms with Gasteiger partial charge < -0.3 is 10.4 Å².